The first-order valence-corrected chi connectivity index (χ1v) is 9.91. The molecule has 2 aromatic rings. The molecular formula is C19H19Cl2NOS. The molecule has 1 unspecified atom stereocenters. The number of amides is 1. The summed E-state index contributed by atoms with van der Waals surface area (Å²) in [6.45, 7) is 2.79. The number of benzene rings is 2. The van der Waals surface area contributed by atoms with Gasteiger partial charge in [-0.15, -0.1) is 0 Å². The van der Waals surface area contributed by atoms with E-state index in [-0.39, 0.29) is 18.4 Å². The molecule has 0 aliphatic carbocycles. The van der Waals surface area contributed by atoms with E-state index in [4.69, 9.17) is 23.2 Å². The highest BCUT2D eigenvalue weighted by Gasteiger charge is 2.33. The minimum absolute atomic E-state index is 0.0540. The van der Waals surface area contributed by atoms with Crippen molar-refractivity contribution in [2.45, 2.75) is 24.6 Å². The fraction of sp³-hybridized carbons (Fsp3) is 0.316. The molecule has 0 N–H and O–H groups in total. The van der Waals surface area contributed by atoms with Crippen LogP contribution in [0.1, 0.15) is 34.9 Å². The van der Waals surface area contributed by atoms with Crippen LogP contribution in [0.25, 0.3) is 0 Å². The van der Waals surface area contributed by atoms with Crippen molar-refractivity contribution in [3.8, 4) is 0 Å². The smallest absolute Gasteiger partial charge is 0.227 e. The zero-order valence-corrected chi connectivity index (χ0v) is 16.0. The Morgan fingerprint density at radius 2 is 1.75 bits per heavy atom. The predicted molar refractivity (Wildman–Crippen MR) is 103 cm³/mol. The van der Waals surface area contributed by atoms with Gasteiger partial charge >= 0.3 is 0 Å². The van der Waals surface area contributed by atoms with E-state index in [1.807, 2.05) is 11.0 Å². The number of hydrogen-bond acceptors (Lipinski definition) is 2. The van der Waals surface area contributed by atoms with Crippen molar-refractivity contribution in [3.05, 3.63) is 69.2 Å². The van der Waals surface area contributed by atoms with E-state index in [0.29, 0.717) is 27.4 Å². The SMILES string of the molecule is CSC1CN(C(=O)Cc2c(Cl)cccc2Cl)[C@@H](C)c2ccccc21. The van der Waals surface area contributed by atoms with Gasteiger partial charge < -0.3 is 4.90 Å². The van der Waals surface area contributed by atoms with Gasteiger partial charge in [-0.2, -0.15) is 11.8 Å². The normalized spacial score (nSPS) is 19.9. The van der Waals surface area contributed by atoms with Crippen molar-refractivity contribution >= 4 is 40.9 Å². The zero-order chi connectivity index (χ0) is 17.3. The van der Waals surface area contributed by atoms with Crippen molar-refractivity contribution in [1.82, 2.24) is 4.90 Å². The van der Waals surface area contributed by atoms with Crippen LogP contribution < -0.4 is 0 Å². The van der Waals surface area contributed by atoms with Crippen LogP contribution in [0.2, 0.25) is 10.0 Å². The molecule has 0 fully saturated rings. The lowest BCUT2D eigenvalue weighted by atomic mass is 9.92. The first-order valence-electron chi connectivity index (χ1n) is 7.87. The molecule has 0 spiro atoms. The van der Waals surface area contributed by atoms with E-state index in [0.717, 1.165) is 0 Å². The molecule has 0 saturated carbocycles. The molecule has 1 amide bonds. The number of halogens is 2. The standard InChI is InChI=1S/C19H19Cl2NOS/c1-12-13-6-3-4-7-14(13)18(24-2)11-22(12)19(23)10-15-16(20)8-5-9-17(15)21/h3-9,12,18H,10-11H2,1-2H3/t12-,18?/m0/s1. The third-order valence-corrected chi connectivity index (χ3v) is 6.30. The second kappa shape index (κ2) is 7.38. The van der Waals surface area contributed by atoms with Crippen molar-refractivity contribution in [2.75, 3.05) is 12.8 Å². The number of carbonyl (C=O) groups is 1. The van der Waals surface area contributed by atoms with Gasteiger partial charge in [0.2, 0.25) is 5.91 Å². The van der Waals surface area contributed by atoms with Crippen LogP contribution in [-0.4, -0.2) is 23.6 Å². The Morgan fingerprint density at radius 1 is 1.12 bits per heavy atom. The van der Waals surface area contributed by atoms with E-state index in [1.54, 1.807) is 30.0 Å². The molecule has 1 aliphatic rings. The largest absolute Gasteiger partial charge is 0.334 e. The molecule has 0 bridgehead atoms. The number of fused-ring (bicyclic) bond motifs is 1. The maximum Gasteiger partial charge on any atom is 0.227 e. The van der Waals surface area contributed by atoms with Crippen LogP contribution in [-0.2, 0) is 11.2 Å². The number of nitrogens with zero attached hydrogens (tertiary/aromatic N) is 1. The van der Waals surface area contributed by atoms with E-state index in [2.05, 4.69) is 31.4 Å². The highest BCUT2D eigenvalue weighted by molar-refractivity contribution is 7.98. The van der Waals surface area contributed by atoms with E-state index in [9.17, 15) is 4.79 Å². The lowest BCUT2D eigenvalue weighted by Crippen LogP contribution is -2.41. The summed E-state index contributed by atoms with van der Waals surface area (Å²) in [5.74, 6) is 0.0612. The molecular weight excluding hydrogens is 361 g/mol. The van der Waals surface area contributed by atoms with Crippen molar-refractivity contribution in [3.63, 3.8) is 0 Å². The fourth-order valence-electron chi connectivity index (χ4n) is 3.26. The van der Waals surface area contributed by atoms with Crippen LogP contribution in [0.15, 0.2) is 42.5 Å². The fourth-order valence-corrected chi connectivity index (χ4v) is 4.57. The van der Waals surface area contributed by atoms with Gasteiger partial charge in [-0.05, 0) is 42.0 Å². The molecule has 2 nitrogen and oxygen atoms in total. The molecule has 0 radical (unpaired) electrons. The maximum atomic E-state index is 13.0. The average molecular weight is 380 g/mol. The topological polar surface area (TPSA) is 20.3 Å². The summed E-state index contributed by atoms with van der Waals surface area (Å²) >= 11 is 14.2. The number of rotatable bonds is 3. The highest BCUT2D eigenvalue weighted by Crippen LogP contribution is 2.40. The van der Waals surface area contributed by atoms with Gasteiger partial charge in [-0.3, -0.25) is 4.79 Å². The Hall–Kier alpha value is -1.16. The van der Waals surface area contributed by atoms with Gasteiger partial charge in [0.15, 0.2) is 0 Å². The van der Waals surface area contributed by atoms with E-state index < -0.39 is 0 Å². The lowest BCUT2D eigenvalue weighted by Gasteiger charge is -2.39. The quantitative estimate of drug-likeness (QED) is 0.697. The first kappa shape index (κ1) is 17.7. The first-order chi connectivity index (χ1) is 11.5. The number of thioether (sulfide) groups is 1. The van der Waals surface area contributed by atoms with Crippen LogP contribution in [0.3, 0.4) is 0 Å². The Bertz CT molecular complexity index is 745. The summed E-state index contributed by atoms with van der Waals surface area (Å²) in [7, 11) is 0. The number of carbonyl (C=O) groups excluding carboxylic acids is 1. The van der Waals surface area contributed by atoms with Gasteiger partial charge in [0.05, 0.1) is 12.5 Å². The molecule has 24 heavy (non-hydrogen) atoms. The second-order valence-electron chi connectivity index (χ2n) is 5.95. The summed E-state index contributed by atoms with van der Waals surface area (Å²) in [5, 5.41) is 1.38. The molecule has 5 heteroatoms. The van der Waals surface area contributed by atoms with Gasteiger partial charge in [0.25, 0.3) is 0 Å². The molecule has 2 atom stereocenters. The summed E-state index contributed by atoms with van der Waals surface area (Å²) in [4.78, 5) is 14.9. The Balaban J connectivity index is 1.88. The number of hydrogen-bond donors (Lipinski definition) is 0. The van der Waals surface area contributed by atoms with Crippen LogP contribution in [0.4, 0.5) is 0 Å². The molecule has 3 rings (SSSR count). The molecule has 0 saturated heterocycles. The van der Waals surface area contributed by atoms with Gasteiger partial charge in [-0.1, -0.05) is 53.5 Å². The molecule has 1 heterocycles. The summed E-state index contributed by atoms with van der Waals surface area (Å²) < 4.78 is 0. The third-order valence-electron chi connectivity index (χ3n) is 4.62. The Kier molecular flexibility index (Phi) is 5.43. The highest BCUT2D eigenvalue weighted by atomic mass is 35.5. The van der Waals surface area contributed by atoms with E-state index in [1.165, 1.54) is 11.1 Å². The monoisotopic (exact) mass is 379 g/mol. The minimum Gasteiger partial charge on any atom is -0.334 e. The summed E-state index contributed by atoms with van der Waals surface area (Å²) in [5.41, 5.74) is 3.26. The van der Waals surface area contributed by atoms with Crippen LogP contribution in [0.5, 0.6) is 0 Å². The predicted octanol–water partition coefficient (Wildman–Crippen LogP) is 5.54. The Morgan fingerprint density at radius 3 is 2.38 bits per heavy atom. The van der Waals surface area contributed by atoms with Crippen LogP contribution in [0, 0.1) is 0 Å². The molecule has 126 valence electrons. The lowest BCUT2D eigenvalue weighted by molar-refractivity contribution is -0.133. The minimum atomic E-state index is 0.0540. The summed E-state index contributed by atoms with van der Waals surface area (Å²) in [6.07, 6.45) is 2.32. The second-order valence-corrected chi connectivity index (χ2v) is 7.81. The summed E-state index contributed by atoms with van der Waals surface area (Å²) in [6, 6.07) is 13.8. The van der Waals surface area contributed by atoms with Gasteiger partial charge in [-0.25, -0.2) is 0 Å². The van der Waals surface area contributed by atoms with Gasteiger partial charge in [0, 0.05) is 21.8 Å². The maximum absolute atomic E-state index is 13.0. The van der Waals surface area contributed by atoms with Crippen molar-refractivity contribution < 1.29 is 4.79 Å². The van der Waals surface area contributed by atoms with Crippen LogP contribution >= 0.6 is 35.0 Å². The third kappa shape index (κ3) is 3.30. The molecule has 2 aromatic carbocycles. The molecule has 1 aliphatic heterocycles. The van der Waals surface area contributed by atoms with Crippen molar-refractivity contribution in [1.29, 1.82) is 0 Å². The van der Waals surface area contributed by atoms with Crippen molar-refractivity contribution in [2.24, 2.45) is 0 Å². The molecule has 0 aromatic heterocycles. The van der Waals surface area contributed by atoms with Gasteiger partial charge in [0.1, 0.15) is 0 Å². The van der Waals surface area contributed by atoms with E-state index >= 15 is 0 Å². The Labute approximate surface area is 157 Å². The zero-order valence-electron chi connectivity index (χ0n) is 13.6. The average Bonchev–Trinajstić information content (AvgIpc) is 2.59.